The highest BCUT2D eigenvalue weighted by Gasteiger charge is 2.29. The first-order chi connectivity index (χ1) is 8.88. The van der Waals surface area contributed by atoms with Gasteiger partial charge in [0.2, 0.25) is 5.91 Å². The van der Waals surface area contributed by atoms with Gasteiger partial charge in [0.25, 0.3) is 0 Å². The summed E-state index contributed by atoms with van der Waals surface area (Å²) in [4.78, 5) is 13.8. The minimum atomic E-state index is -0.373. The van der Waals surface area contributed by atoms with Crippen LogP contribution in [0.1, 0.15) is 20.8 Å². The summed E-state index contributed by atoms with van der Waals surface area (Å²) >= 11 is 0. The molecule has 0 unspecified atom stereocenters. The lowest BCUT2D eigenvalue weighted by Crippen LogP contribution is -2.45. The molecule has 2 rings (SSSR count). The summed E-state index contributed by atoms with van der Waals surface area (Å²) in [5.74, 6) is 1.62. The second-order valence-electron chi connectivity index (χ2n) is 5.93. The van der Waals surface area contributed by atoms with Gasteiger partial charge in [-0.2, -0.15) is 0 Å². The Morgan fingerprint density at radius 2 is 1.95 bits per heavy atom. The molecule has 4 nitrogen and oxygen atoms in total. The number of hydrogen-bond donors (Lipinski definition) is 0. The van der Waals surface area contributed by atoms with E-state index in [1.54, 1.807) is 11.9 Å². The zero-order valence-electron chi connectivity index (χ0n) is 12.0. The van der Waals surface area contributed by atoms with Crippen LogP contribution in [0.25, 0.3) is 0 Å². The van der Waals surface area contributed by atoms with Crippen molar-refractivity contribution in [3.63, 3.8) is 0 Å². The minimum Gasteiger partial charge on any atom is -0.486 e. The van der Waals surface area contributed by atoms with Crippen molar-refractivity contribution in [1.82, 2.24) is 4.90 Å². The highest BCUT2D eigenvalue weighted by Crippen LogP contribution is 2.31. The standard InChI is InChI=1S/C15H21NO3/c1-15(2,3)14(17)16(4)9-11-10-18-12-7-5-6-8-13(12)19-11/h5-8,11H,9-10H2,1-4H3/t11-/m1/s1. The molecule has 0 bridgehead atoms. The van der Waals surface area contributed by atoms with E-state index in [1.807, 2.05) is 45.0 Å². The van der Waals surface area contributed by atoms with Crippen LogP contribution in [0, 0.1) is 5.41 Å². The van der Waals surface area contributed by atoms with Crippen molar-refractivity contribution < 1.29 is 14.3 Å². The van der Waals surface area contributed by atoms with Gasteiger partial charge in [-0.3, -0.25) is 4.79 Å². The average Bonchev–Trinajstić information content (AvgIpc) is 2.36. The molecule has 1 atom stereocenters. The first kappa shape index (κ1) is 13.7. The predicted molar refractivity (Wildman–Crippen MR) is 73.4 cm³/mol. The summed E-state index contributed by atoms with van der Waals surface area (Å²) in [6.45, 7) is 6.75. The molecule has 0 radical (unpaired) electrons. The largest absolute Gasteiger partial charge is 0.486 e. The van der Waals surface area contributed by atoms with Gasteiger partial charge in [0.1, 0.15) is 6.61 Å². The molecule has 1 aromatic carbocycles. The Labute approximate surface area is 114 Å². The van der Waals surface area contributed by atoms with Gasteiger partial charge in [-0.25, -0.2) is 0 Å². The van der Waals surface area contributed by atoms with Crippen LogP contribution in [0.4, 0.5) is 0 Å². The third-order valence-corrected chi connectivity index (χ3v) is 3.03. The van der Waals surface area contributed by atoms with Crippen LogP contribution >= 0.6 is 0 Å². The van der Waals surface area contributed by atoms with Gasteiger partial charge >= 0.3 is 0 Å². The van der Waals surface area contributed by atoms with Crippen LogP contribution in [-0.2, 0) is 4.79 Å². The number of ether oxygens (including phenoxy) is 2. The molecule has 19 heavy (non-hydrogen) atoms. The van der Waals surface area contributed by atoms with Gasteiger partial charge < -0.3 is 14.4 Å². The predicted octanol–water partition coefficient (Wildman–Crippen LogP) is 2.33. The summed E-state index contributed by atoms with van der Waals surface area (Å²) in [5.41, 5.74) is -0.373. The van der Waals surface area contributed by atoms with E-state index in [9.17, 15) is 4.79 Å². The first-order valence-corrected chi connectivity index (χ1v) is 6.52. The lowest BCUT2D eigenvalue weighted by molar-refractivity contribution is -0.139. The molecule has 0 N–H and O–H groups in total. The molecule has 0 aromatic heterocycles. The Morgan fingerprint density at radius 3 is 2.58 bits per heavy atom. The number of benzene rings is 1. The number of likely N-dealkylation sites (N-methyl/N-ethyl adjacent to an activating group) is 1. The number of amides is 1. The number of fused-ring (bicyclic) bond motifs is 1. The molecule has 4 heteroatoms. The molecule has 0 saturated heterocycles. The maximum absolute atomic E-state index is 12.1. The van der Waals surface area contributed by atoms with Crippen LogP contribution in [0.5, 0.6) is 11.5 Å². The smallest absolute Gasteiger partial charge is 0.227 e. The first-order valence-electron chi connectivity index (χ1n) is 6.52. The van der Waals surface area contributed by atoms with Gasteiger partial charge in [0.15, 0.2) is 17.6 Å². The Kier molecular flexibility index (Phi) is 3.69. The summed E-state index contributed by atoms with van der Waals surface area (Å²) in [6, 6.07) is 7.59. The van der Waals surface area contributed by atoms with Crippen molar-refractivity contribution in [3.05, 3.63) is 24.3 Å². The number of carbonyl (C=O) groups excluding carboxylic acids is 1. The van der Waals surface area contributed by atoms with Gasteiger partial charge in [-0.05, 0) is 12.1 Å². The van der Waals surface area contributed by atoms with Crippen LogP contribution in [-0.4, -0.2) is 37.1 Å². The van der Waals surface area contributed by atoms with E-state index in [1.165, 1.54) is 0 Å². The third-order valence-electron chi connectivity index (χ3n) is 3.03. The number of carbonyl (C=O) groups is 1. The van der Waals surface area contributed by atoms with Gasteiger partial charge in [-0.15, -0.1) is 0 Å². The highest BCUT2D eigenvalue weighted by molar-refractivity contribution is 5.81. The van der Waals surface area contributed by atoms with Gasteiger partial charge in [0.05, 0.1) is 6.54 Å². The van der Waals surface area contributed by atoms with E-state index < -0.39 is 0 Å². The molecule has 0 spiro atoms. The molecule has 1 heterocycles. The van der Waals surface area contributed by atoms with E-state index in [0.29, 0.717) is 13.2 Å². The van der Waals surface area contributed by atoms with E-state index in [2.05, 4.69) is 0 Å². The van der Waals surface area contributed by atoms with Crippen molar-refractivity contribution in [2.24, 2.45) is 5.41 Å². The van der Waals surface area contributed by atoms with Crippen LogP contribution in [0.15, 0.2) is 24.3 Å². The quantitative estimate of drug-likeness (QED) is 0.822. The average molecular weight is 263 g/mol. The van der Waals surface area contributed by atoms with E-state index in [4.69, 9.17) is 9.47 Å². The molecule has 0 aliphatic carbocycles. The Morgan fingerprint density at radius 1 is 1.32 bits per heavy atom. The maximum Gasteiger partial charge on any atom is 0.227 e. The summed E-state index contributed by atoms with van der Waals surface area (Å²) in [6.07, 6.45) is -0.119. The second kappa shape index (κ2) is 5.11. The van der Waals surface area contributed by atoms with E-state index in [0.717, 1.165) is 11.5 Å². The lowest BCUT2D eigenvalue weighted by Gasteiger charge is -2.32. The molecule has 1 amide bonds. The third kappa shape index (κ3) is 3.19. The number of rotatable bonds is 2. The lowest BCUT2D eigenvalue weighted by atomic mass is 9.95. The normalized spacial score (nSPS) is 18.0. The molecule has 104 valence electrons. The number of hydrogen-bond acceptors (Lipinski definition) is 3. The van der Waals surface area contributed by atoms with E-state index >= 15 is 0 Å². The van der Waals surface area contributed by atoms with Crippen molar-refractivity contribution in [2.75, 3.05) is 20.2 Å². The molecule has 0 saturated carbocycles. The second-order valence-corrected chi connectivity index (χ2v) is 5.93. The van der Waals surface area contributed by atoms with Gasteiger partial charge in [-0.1, -0.05) is 32.9 Å². The van der Waals surface area contributed by atoms with Crippen molar-refractivity contribution in [3.8, 4) is 11.5 Å². The SMILES string of the molecule is CN(C[C@@H]1COc2ccccc2O1)C(=O)C(C)(C)C. The van der Waals surface area contributed by atoms with Crippen molar-refractivity contribution >= 4 is 5.91 Å². The molecule has 0 fully saturated rings. The summed E-state index contributed by atoms with van der Waals surface area (Å²) in [5, 5.41) is 0. The number of para-hydroxylation sites is 2. The molecule has 1 aliphatic rings. The fourth-order valence-corrected chi connectivity index (χ4v) is 2.11. The van der Waals surface area contributed by atoms with Crippen molar-refractivity contribution in [2.45, 2.75) is 26.9 Å². The Balaban J connectivity index is 1.97. The van der Waals surface area contributed by atoms with Crippen molar-refractivity contribution in [1.29, 1.82) is 0 Å². The Bertz CT molecular complexity index is 465. The fourth-order valence-electron chi connectivity index (χ4n) is 2.11. The van der Waals surface area contributed by atoms with E-state index in [-0.39, 0.29) is 17.4 Å². The Hall–Kier alpha value is -1.71. The maximum atomic E-state index is 12.1. The zero-order chi connectivity index (χ0) is 14.0. The van der Waals surface area contributed by atoms with Gasteiger partial charge in [0, 0.05) is 12.5 Å². The molecular weight excluding hydrogens is 242 g/mol. The fraction of sp³-hybridized carbons (Fsp3) is 0.533. The molecule has 1 aliphatic heterocycles. The highest BCUT2D eigenvalue weighted by atomic mass is 16.6. The monoisotopic (exact) mass is 263 g/mol. The topological polar surface area (TPSA) is 38.8 Å². The summed E-state index contributed by atoms with van der Waals surface area (Å²) in [7, 11) is 1.80. The zero-order valence-corrected chi connectivity index (χ0v) is 12.0. The van der Waals surface area contributed by atoms with Crippen LogP contribution < -0.4 is 9.47 Å². The van der Waals surface area contributed by atoms with Crippen LogP contribution in [0.3, 0.4) is 0 Å². The number of nitrogens with zero attached hydrogens (tertiary/aromatic N) is 1. The summed E-state index contributed by atoms with van der Waals surface area (Å²) < 4.78 is 11.5. The molecular formula is C15H21NO3. The molecule has 1 aromatic rings. The minimum absolute atomic E-state index is 0.106. The van der Waals surface area contributed by atoms with Crippen LogP contribution in [0.2, 0.25) is 0 Å².